The number of thiocarbonyl (C=S) groups is 1. The molecule has 0 aromatic heterocycles. The minimum atomic E-state index is -4.38. The van der Waals surface area contributed by atoms with Crippen LogP contribution in [0.15, 0.2) is 42.5 Å². The van der Waals surface area contributed by atoms with E-state index >= 15 is 0 Å². The molecule has 2 N–H and O–H groups in total. The summed E-state index contributed by atoms with van der Waals surface area (Å²) < 4.78 is 38.2. The van der Waals surface area contributed by atoms with Gasteiger partial charge in [0.15, 0.2) is 5.11 Å². The number of aryl methyl sites for hydroxylation is 2. The second-order valence-corrected chi connectivity index (χ2v) is 6.15. The van der Waals surface area contributed by atoms with Crippen LogP contribution in [-0.4, -0.2) is 5.11 Å². The van der Waals surface area contributed by atoms with Crippen molar-refractivity contribution in [3.05, 3.63) is 64.7 Å². The molecule has 0 bridgehead atoms. The summed E-state index contributed by atoms with van der Waals surface area (Å²) in [7, 11) is 0. The molecular formula is C18H19F3N2S. The van der Waals surface area contributed by atoms with E-state index in [1.165, 1.54) is 17.2 Å². The van der Waals surface area contributed by atoms with Crippen molar-refractivity contribution < 1.29 is 13.2 Å². The molecule has 0 amide bonds. The van der Waals surface area contributed by atoms with Crippen LogP contribution in [0.4, 0.5) is 18.9 Å². The minimum absolute atomic E-state index is 0.0601. The van der Waals surface area contributed by atoms with Gasteiger partial charge in [-0.2, -0.15) is 13.2 Å². The largest absolute Gasteiger partial charge is 0.416 e. The van der Waals surface area contributed by atoms with Crippen LogP contribution < -0.4 is 10.6 Å². The van der Waals surface area contributed by atoms with Crippen LogP contribution in [0.25, 0.3) is 0 Å². The number of halogens is 3. The van der Waals surface area contributed by atoms with Crippen LogP contribution in [0.2, 0.25) is 0 Å². The first-order chi connectivity index (χ1) is 11.2. The average Bonchev–Trinajstić information content (AvgIpc) is 2.49. The standard InChI is InChI=1S/C18H19F3N2S/c1-11-7-8-14(9-12(11)2)13(3)22-17(24)23-16-6-4-5-15(10-16)18(19,20)21/h4-10,13H,1-3H3,(H2,22,23,24)/t13-/m1/s1. The molecule has 2 nitrogen and oxygen atoms in total. The van der Waals surface area contributed by atoms with Gasteiger partial charge in [-0.05, 0) is 67.9 Å². The molecule has 0 aliphatic rings. The summed E-state index contributed by atoms with van der Waals surface area (Å²) in [4.78, 5) is 0. The van der Waals surface area contributed by atoms with Crippen molar-refractivity contribution in [1.29, 1.82) is 0 Å². The summed E-state index contributed by atoms with van der Waals surface area (Å²) in [5, 5.41) is 6.17. The number of hydrogen-bond donors (Lipinski definition) is 2. The van der Waals surface area contributed by atoms with E-state index in [9.17, 15) is 13.2 Å². The maximum atomic E-state index is 12.7. The van der Waals surface area contributed by atoms with E-state index in [0.29, 0.717) is 5.69 Å². The SMILES string of the molecule is Cc1ccc([C@@H](C)NC(=S)Nc2cccc(C(F)(F)F)c2)cc1C. The predicted molar refractivity (Wildman–Crippen MR) is 95.1 cm³/mol. The Balaban J connectivity index is 2.04. The minimum Gasteiger partial charge on any atom is -0.356 e. The zero-order valence-corrected chi connectivity index (χ0v) is 14.5. The lowest BCUT2D eigenvalue weighted by molar-refractivity contribution is -0.137. The molecule has 0 aliphatic heterocycles. The Morgan fingerprint density at radius 3 is 2.38 bits per heavy atom. The van der Waals surface area contributed by atoms with E-state index in [-0.39, 0.29) is 11.2 Å². The Kier molecular flexibility index (Phi) is 5.49. The molecule has 1 atom stereocenters. The molecule has 0 aliphatic carbocycles. The van der Waals surface area contributed by atoms with E-state index in [2.05, 4.69) is 16.7 Å². The summed E-state index contributed by atoms with van der Waals surface area (Å²) in [6, 6.07) is 11.0. The van der Waals surface area contributed by atoms with E-state index in [1.54, 1.807) is 6.07 Å². The fraction of sp³-hybridized carbons (Fsp3) is 0.278. The third kappa shape index (κ3) is 4.71. The lowest BCUT2D eigenvalue weighted by Crippen LogP contribution is -2.31. The molecule has 2 aromatic carbocycles. The molecule has 0 spiro atoms. The highest BCUT2D eigenvalue weighted by atomic mass is 32.1. The number of hydrogen-bond acceptors (Lipinski definition) is 1. The second kappa shape index (κ2) is 7.21. The number of alkyl halides is 3. The highest BCUT2D eigenvalue weighted by molar-refractivity contribution is 7.80. The summed E-state index contributed by atoms with van der Waals surface area (Å²) in [5.74, 6) is 0. The predicted octanol–water partition coefficient (Wildman–Crippen LogP) is 5.37. The van der Waals surface area contributed by atoms with Gasteiger partial charge in [0.1, 0.15) is 0 Å². The lowest BCUT2D eigenvalue weighted by Gasteiger charge is -2.19. The van der Waals surface area contributed by atoms with Gasteiger partial charge in [0.2, 0.25) is 0 Å². The average molecular weight is 352 g/mol. The smallest absolute Gasteiger partial charge is 0.356 e. The lowest BCUT2D eigenvalue weighted by atomic mass is 10.0. The van der Waals surface area contributed by atoms with Gasteiger partial charge in [-0.1, -0.05) is 24.3 Å². The highest BCUT2D eigenvalue weighted by Crippen LogP contribution is 2.30. The quantitative estimate of drug-likeness (QED) is 0.726. The molecule has 0 radical (unpaired) electrons. The van der Waals surface area contributed by atoms with E-state index in [0.717, 1.165) is 17.7 Å². The van der Waals surface area contributed by atoms with Gasteiger partial charge >= 0.3 is 6.18 Å². The van der Waals surface area contributed by atoms with Crippen molar-refractivity contribution in [2.45, 2.75) is 33.0 Å². The van der Waals surface area contributed by atoms with Gasteiger partial charge in [-0.3, -0.25) is 0 Å². The Morgan fingerprint density at radius 1 is 1.04 bits per heavy atom. The van der Waals surface area contributed by atoms with Crippen LogP contribution in [0.5, 0.6) is 0 Å². The number of rotatable bonds is 3. The zero-order chi connectivity index (χ0) is 17.9. The molecule has 128 valence electrons. The molecule has 6 heteroatoms. The summed E-state index contributed by atoms with van der Waals surface area (Å²) in [5.41, 5.74) is 3.03. The van der Waals surface area contributed by atoms with Crippen molar-refractivity contribution in [2.24, 2.45) is 0 Å². The van der Waals surface area contributed by atoms with Crippen LogP contribution in [-0.2, 0) is 6.18 Å². The summed E-state index contributed by atoms with van der Waals surface area (Å²) in [6.07, 6.45) is -4.38. The van der Waals surface area contributed by atoms with Gasteiger partial charge in [0, 0.05) is 5.69 Å². The Labute approximate surface area is 145 Å². The molecule has 0 heterocycles. The van der Waals surface area contributed by atoms with E-state index < -0.39 is 11.7 Å². The van der Waals surface area contributed by atoms with Gasteiger partial charge in [0.25, 0.3) is 0 Å². The topological polar surface area (TPSA) is 24.1 Å². The summed E-state index contributed by atoms with van der Waals surface area (Å²) in [6.45, 7) is 6.02. The van der Waals surface area contributed by atoms with Crippen molar-refractivity contribution in [2.75, 3.05) is 5.32 Å². The first-order valence-corrected chi connectivity index (χ1v) is 7.89. The first kappa shape index (κ1) is 18.3. The van der Waals surface area contributed by atoms with Crippen LogP contribution >= 0.6 is 12.2 Å². The molecule has 0 fully saturated rings. The molecule has 24 heavy (non-hydrogen) atoms. The Bertz CT molecular complexity index is 741. The normalized spacial score (nSPS) is 12.6. The monoisotopic (exact) mass is 352 g/mol. The molecule has 2 rings (SSSR count). The number of anilines is 1. The van der Waals surface area contributed by atoms with E-state index in [1.807, 2.05) is 32.9 Å². The fourth-order valence-electron chi connectivity index (χ4n) is 2.25. The van der Waals surface area contributed by atoms with Crippen molar-refractivity contribution in [3.8, 4) is 0 Å². The molecular weight excluding hydrogens is 333 g/mol. The number of benzene rings is 2. The zero-order valence-electron chi connectivity index (χ0n) is 13.7. The third-order valence-electron chi connectivity index (χ3n) is 3.83. The number of nitrogens with one attached hydrogen (secondary N) is 2. The van der Waals surface area contributed by atoms with E-state index in [4.69, 9.17) is 12.2 Å². The van der Waals surface area contributed by atoms with Crippen LogP contribution in [0.1, 0.15) is 35.2 Å². The third-order valence-corrected chi connectivity index (χ3v) is 4.05. The highest BCUT2D eigenvalue weighted by Gasteiger charge is 2.30. The fourth-order valence-corrected chi connectivity index (χ4v) is 2.55. The maximum Gasteiger partial charge on any atom is 0.416 e. The second-order valence-electron chi connectivity index (χ2n) is 5.74. The molecule has 0 saturated carbocycles. The van der Waals surface area contributed by atoms with Gasteiger partial charge in [0.05, 0.1) is 11.6 Å². The van der Waals surface area contributed by atoms with Crippen molar-refractivity contribution in [3.63, 3.8) is 0 Å². The Hall–Kier alpha value is -2.08. The Morgan fingerprint density at radius 2 is 1.75 bits per heavy atom. The molecule has 0 unspecified atom stereocenters. The summed E-state index contributed by atoms with van der Waals surface area (Å²) >= 11 is 5.20. The van der Waals surface area contributed by atoms with Crippen LogP contribution in [0.3, 0.4) is 0 Å². The molecule has 2 aromatic rings. The first-order valence-electron chi connectivity index (χ1n) is 7.49. The van der Waals surface area contributed by atoms with Crippen LogP contribution in [0, 0.1) is 13.8 Å². The molecule has 0 saturated heterocycles. The van der Waals surface area contributed by atoms with Gasteiger partial charge in [-0.25, -0.2) is 0 Å². The van der Waals surface area contributed by atoms with Crippen molar-refractivity contribution in [1.82, 2.24) is 5.32 Å². The van der Waals surface area contributed by atoms with Gasteiger partial charge in [-0.15, -0.1) is 0 Å². The van der Waals surface area contributed by atoms with Gasteiger partial charge < -0.3 is 10.6 Å². The van der Waals surface area contributed by atoms with Crippen molar-refractivity contribution >= 4 is 23.0 Å². The maximum absolute atomic E-state index is 12.7.